The molecule has 6 nitrogen and oxygen atoms in total. The summed E-state index contributed by atoms with van der Waals surface area (Å²) in [6.45, 7) is 1.70. The third-order valence-corrected chi connectivity index (χ3v) is 3.77. The molecule has 0 aliphatic heterocycles. The highest BCUT2D eigenvalue weighted by Crippen LogP contribution is 2.46. The van der Waals surface area contributed by atoms with E-state index < -0.39 is 12.1 Å². The lowest BCUT2D eigenvalue weighted by Crippen LogP contribution is -2.17. The number of aliphatic hydroxyl groups is 1. The Morgan fingerprint density at radius 1 is 1.45 bits per heavy atom. The van der Waals surface area contributed by atoms with Gasteiger partial charge in [-0.1, -0.05) is 0 Å². The third-order valence-electron chi connectivity index (χ3n) is 2.86. The Hall–Kier alpha value is -1.60. The zero-order chi connectivity index (χ0) is 14.5. The molecule has 0 radical (unpaired) electrons. The van der Waals surface area contributed by atoms with E-state index in [0.717, 1.165) is 18.4 Å². The van der Waals surface area contributed by atoms with Crippen molar-refractivity contribution in [2.45, 2.75) is 25.7 Å². The minimum absolute atomic E-state index is 0.0819. The Labute approximate surface area is 120 Å². The molecule has 1 aliphatic carbocycles. The molecule has 2 rings (SSSR count). The van der Waals surface area contributed by atoms with Crippen LogP contribution in [0.15, 0.2) is 5.38 Å². The van der Waals surface area contributed by atoms with Gasteiger partial charge in [0, 0.05) is 0 Å². The number of hydrogen-bond acceptors (Lipinski definition) is 6. The number of ether oxygens (including phenoxy) is 2. The van der Waals surface area contributed by atoms with E-state index in [-0.39, 0.29) is 19.8 Å². The molecule has 0 unspecified atom stereocenters. The maximum absolute atomic E-state index is 12.0. The second-order valence-electron chi connectivity index (χ2n) is 4.37. The van der Waals surface area contributed by atoms with Crippen LogP contribution in [-0.2, 0) is 9.47 Å². The van der Waals surface area contributed by atoms with Gasteiger partial charge in [-0.05, 0) is 36.6 Å². The molecule has 1 aliphatic rings. The average Bonchev–Trinajstić information content (AvgIpc) is 3.18. The van der Waals surface area contributed by atoms with Crippen molar-refractivity contribution in [3.8, 4) is 0 Å². The zero-order valence-corrected chi connectivity index (χ0v) is 12.0. The molecule has 0 aromatic carbocycles. The molecule has 110 valence electrons. The first-order chi connectivity index (χ1) is 9.67. The van der Waals surface area contributed by atoms with Gasteiger partial charge in [0.15, 0.2) is 0 Å². The highest BCUT2D eigenvalue weighted by molar-refractivity contribution is 7.15. The van der Waals surface area contributed by atoms with Crippen LogP contribution < -0.4 is 5.32 Å². The summed E-state index contributed by atoms with van der Waals surface area (Å²) in [5.74, 6) is -0.0391. The molecule has 1 heterocycles. The van der Waals surface area contributed by atoms with Crippen molar-refractivity contribution in [2.75, 3.05) is 25.1 Å². The van der Waals surface area contributed by atoms with Gasteiger partial charge in [0.25, 0.3) is 0 Å². The Morgan fingerprint density at radius 3 is 2.80 bits per heavy atom. The molecule has 0 atom stereocenters. The van der Waals surface area contributed by atoms with E-state index in [9.17, 15) is 9.59 Å². The van der Waals surface area contributed by atoms with Gasteiger partial charge >= 0.3 is 12.1 Å². The Kier molecular flexibility index (Phi) is 4.97. The van der Waals surface area contributed by atoms with Crippen molar-refractivity contribution in [3.63, 3.8) is 0 Å². The van der Waals surface area contributed by atoms with Crippen LogP contribution >= 0.6 is 11.3 Å². The smallest absolute Gasteiger partial charge is 0.412 e. The number of anilines is 1. The van der Waals surface area contributed by atoms with Crippen molar-refractivity contribution in [3.05, 3.63) is 16.5 Å². The molecule has 1 amide bonds. The van der Waals surface area contributed by atoms with Gasteiger partial charge in [-0.2, -0.15) is 0 Å². The maximum Gasteiger partial charge on any atom is 0.412 e. The lowest BCUT2D eigenvalue weighted by molar-refractivity contribution is 0.0527. The van der Waals surface area contributed by atoms with Crippen LogP contribution in [0.5, 0.6) is 0 Å². The Morgan fingerprint density at radius 2 is 2.20 bits per heavy atom. The predicted molar refractivity (Wildman–Crippen MR) is 74.3 cm³/mol. The second-order valence-corrected chi connectivity index (χ2v) is 5.25. The fraction of sp³-hybridized carbons (Fsp3) is 0.538. The van der Waals surface area contributed by atoms with E-state index in [0.29, 0.717) is 16.5 Å². The maximum atomic E-state index is 12.0. The largest absolute Gasteiger partial charge is 0.462 e. The Balaban J connectivity index is 2.15. The average molecular weight is 299 g/mol. The number of rotatable bonds is 6. The van der Waals surface area contributed by atoms with Crippen LogP contribution in [0.3, 0.4) is 0 Å². The molecule has 0 spiro atoms. The molecule has 7 heteroatoms. The van der Waals surface area contributed by atoms with Crippen molar-refractivity contribution < 1.29 is 24.2 Å². The molecule has 1 aromatic heterocycles. The van der Waals surface area contributed by atoms with Gasteiger partial charge in [0.1, 0.15) is 11.6 Å². The van der Waals surface area contributed by atoms with Gasteiger partial charge in [0.05, 0.1) is 18.8 Å². The first kappa shape index (κ1) is 14.8. The third kappa shape index (κ3) is 3.49. The second kappa shape index (κ2) is 6.71. The van der Waals surface area contributed by atoms with Gasteiger partial charge in [0.2, 0.25) is 0 Å². The molecular formula is C13H17NO5S. The Bertz CT molecular complexity index is 495. The first-order valence-electron chi connectivity index (χ1n) is 6.50. The number of thiophene rings is 1. The van der Waals surface area contributed by atoms with E-state index in [1.54, 1.807) is 6.92 Å². The summed E-state index contributed by atoms with van der Waals surface area (Å²) >= 11 is 1.29. The van der Waals surface area contributed by atoms with E-state index >= 15 is 0 Å². The summed E-state index contributed by atoms with van der Waals surface area (Å²) in [4.78, 5) is 23.5. The fourth-order valence-electron chi connectivity index (χ4n) is 1.84. The van der Waals surface area contributed by atoms with E-state index in [1.807, 2.05) is 5.38 Å². The van der Waals surface area contributed by atoms with Crippen LogP contribution in [0.4, 0.5) is 9.80 Å². The van der Waals surface area contributed by atoms with E-state index in [4.69, 9.17) is 14.6 Å². The minimum Gasteiger partial charge on any atom is -0.462 e. The molecule has 1 fully saturated rings. The quantitative estimate of drug-likeness (QED) is 0.788. The van der Waals surface area contributed by atoms with Crippen LogP contribution in [0.25, 0.3) is 0 Å². The number of hydrogen-bond donors (Lipinski definition) is 2. The highest BCUT2D eigenvalue weighted by atomic mass is 32.1. The van der Waals surface area contributed by atoms with Crippen molar-refractivity contribution in [1.29, 1.82) is 0 Å². The standard InChI is InChI=1S/C13H17NO5S/c1-2-18-12(16)10-9(8-3-4-8)7-20-11(10)14-13(17)19-6-5-15/h7-8,15H,2-6H2,1H3,(H,14,17). The van der Waals surface area contributed by atoms with Crippen molar-refractivity contribution >= 4 is 28.4 Å². The van der Waals surface area contributed by atoms with Gasteiger partial charge in [-0.25, -0.2) is 9.59 Å². The summed E-state index contributed by atoms with van der Waals surface area (Å²) in [6.07, 6.45) is 1.42. The number of aliphatic hydroxyl groups excluding tert-OH is 1. The van der Waals surface area contributed by atoms with Gasteiger partial charge in [-0.3, -0.25) is 5.32 Å². The predicted octanol–water partition coefficient (Wildman–Crippen LogP) is 2.34. The normalized spacial score (nSPS) is 13.9. The molecule has 1 saturated carbocycles. The summed E-state index contributed by atoms with van der Waals surface area (Å²) in [5.41, 5.74) is 1.37. The molecular weight excluding hydrogens is 282 g/mol. The lowest BCUT2D eigenvalue weighted by Gasteiger charge is -2.08. The summed E-state index contributed by atoms with van der Waals surface area (Å²) in [5, 5.41) is 13.5. The van der Waals surface area contributed by atoms with Crippen LogP contribution in [0.1, 0.15) is 41.6 Å². The molecule has 20 heavy (non-hydrogen) atoms. The fourth-order valence-corrected chi connectivity index (χ4v) is 2.86. The van der Waals surface area contributed by atoms with Crippen LogP contribution in [0, 0.1) is 0 Å². The lowest BCUT2D eigenvalue weighted by atomic mass is 10.1. The monoisotopic (exact) mass is 299 g/mol. The minimum atomic E-state index is -0.686. The SMILES string of the molecule is CCOC(=O)c1c(C2CC2)csc1NC(=O)OCCO. The zero-order valence-electron chi connectivity index (χ0n) is 11.2. The number of esters is 1. The van der Waals surface area contributed by atoms with Gasteiger partial charge in [-0.15, -0.1) is 11.3 Å². The summed E-state index contributed by atoms with van der Waals surface area (Å²) < 4.78 is 9.77. The van der Waals surface area contributed by atoms with Crippen molar-refractivity contribution in [2.24, 2.45) is 0 Å². The first-order valence-corrected chi connectivity index (χ1v) is 7.38. The summed E-state index contributed by atoms with van der Waals surface area (Å²) in [7, 11) is 0. The highest BCUT2D eigenvalue weighted by Gasteiger charge is 2.32. The number of nitrogens with one attached hydrogen (secondary N) is 1. The van der Waals surface area contributed by atoms with Crippen LogP contribution in [0.2, 0.25) is 0 Å². The van der Waals surface area contributed by atoms with Crippen LogP contribution in [-0.4, -0.2) is 37.0 Å². The topological polar surface area (TPSA) is 84.9 Å². The molecule has 0 bridgehead atoms. The molecule has 1 aromatic rings. The van der Waals surface area contributed by atoms with Crippen molar-refractivity contribution in [1.82, 2.24) is 0 Å². The van der Waals surface area contributed by atoms with Gasteiger partial charge < -0.3 is 14.6 Å². The van der Waals surface area contributed by atoms with E-state index in [2.05, 4.69) is 5.32 Å². The van der Waals surface area contributed by atoms with E-state index in [1.165, 1.54) is 11.3 Å². The number of carbonyl (C=O) groups is 2. The number of amides is 1. The summed E-state index contributed by atoms with van der Waals surface area (Å²) in [6, 6.07) is 0. The molecule has 0 saturated heterocycles. The molecule has 2 N–H and O–H groups in total. The number of carbonyl (C=O) groups excluding carboxylic acids is 2.